The van der Waals surface area contributed by atoms with Crippen molar-refractivity contribution in [1.82, 2.24) is 5.32 Å². The van der Waals surface area contributed by atoms with E-state index in [4.69, 9.17) is 18.5 Å². The maximum absolute atomic E-state index is 12.5. The van der Waals surface area contributed by atoms with Gasteiger partial charge in [0.15, 0.2) is 6.10 Å². The summed E-state index contributed by atoms with van der Waals surface area (Å²) in [6.07, 6.45) is 39.9. The van der Waals surface area contributed by atoms with Gasteiger partial charge in [-0.3, -0.25) is 18.6 Å². The third kappa shape index (κ3) is 35.5. The molecule has 2 atom stereocenters. The smallest absolute Gasteiger partial charge is 0.462 e. The zero-order valence-corrected chi connectivity index (χ0v) is 32.5. The van der Waals surface area contributed by atoms with E-state index in [0.717, 1.165) is 64.2 Å². The lowest BCUT2D eigenvalue weighted by Gasteiger charge is -2.20. The molecule has 0 aromatic heterocycles. The number of unbranched alkanes of at least 4 members (excludes halogenated alkanes) is 11. The highest BCUT2D eigenvalue weighted by Crippen LogP contribution is 2.43. The minimum Gasteiger partial charge on any atom is -0.462 e. The molecule has 10 heteroatoms. The Morgan fingerprint density at radius 3 is 1.74 bits per heavy atom. The number of hydrogen-bond donors (Lipinski definition) is 2. The van der Waals surface area contributed by atoms with Crippen LogP contribution in [0.5, 0.6) is 0 Å². The molecule has 0 fully saturated rings. The van der Waals surface area contributed by atoms with Gasteiger partial charge in [0.25, 0.3) is 0 Å². The number of carbonyl (C=O) groups excluding carboxylic acids is 2. The molecule has 0 aliphatic rings. The predicted molar refractivity (Wildman–Crippen MR) is 206 cm³/mol. The number of likely N-dealkylation sites (N-methyl/N-ethyl adjacent to an activating group) is 1. The van der Waals surface area contributed by atoms with Crippen LogP contribution in [0.1, 0.15) is 142 Å². The Balaban J connectivity index is 4.42. The van der Waals surface area contributed by atoms with Crippen molar-refractivity contribution in [2.24, 2.45) is 0 Å². The molecule has 0 saturated heterocycles. The molecule has 2 N–H and O–H groups in total. The molecule has 0 radical (unpaired) electrons. The summed E-state index contributed by atoms with van der Waals surface area (Å²) in [4.78, 5) is 34.8. The van der Waals surface area contributed by atoms with Gasteiger partial charge >= 0.3 is 19.8 Å². The van der Waals surface area contributed by atoms with Crippen molar-refractivity contribution >= 4 is 19.8 Å². The second-order valence-corrected chi connectivity index (χ2v) is 13.9. The fraction of sp³-hybridized carbons (Fsp3) is 0.700. The highest BCUT2D eigenvalue weighted by molar-refractivity contribution is 7.47. The van der Waals surface area contributed by atoms with Crippen LogP contribution in [0, 0.1) is 0 Å². The van der Waals surface area contributed by atoms with Crippen molar-refractivity contribution in [3.63, 3.8) is 0 Å². The van der Waals surface area contributed by atoms with E-state index in [2.05, 4.69) is 73.8 Å². The molecule has 0 saturated carbocycles. The molecule has 0 aromatic rings. The average molecular weight is 724 g/mol. The van der Waals surface area contributed by atoms with E-state index >= 15 is 0 Å². The number of phosphoric acid groups is 1. The number of nitrogens with one attached hydrogen (secondary N) is 1. The van der Waals surface area contributed by atoms with Crippen LogP contribution in [-0.2, 0) is 32.7 Å². The standard InChI is InChI=1S/C40H70NO8P/c1-4-6-8-10-12-14-16-17-18-19-20-21-23-25-27-29-31-33-40(43)49-38(37-48-50(44,45)47-35-34-41-3)36-46-39(42)32-30-28-26-24-22-15-13-11-9-7-5-2/h11-14,17-18,20-21,25,27,38,41H,4-10,15-16,19,22-24,26,28-37H2,1-3H3,(H,44,45)/b13-11-,14-12-,18-17-,21-20-,27-25-. The van der Waals surface area contributed by atoms with Gasteiger partial charge in [-0.1, -0.05) is 120 Å². The molecule has 9 nitrogen and oxygen atoms in total. The number of carbonyl (C=O) groups is 2. The van der Waals surface area contributed by atoms with Crippen molar-refractivity contribution in [3.8, 4) is 0 Å². The summed E-state index contributed by atoms with van der Waals surface area (Å²) in [6.45, 7) is 4.05. The molecule has 0 amide bonds. The summed E-state index contributed by atoms with van der Waals surface area (Å²) in [6, 6.07) is 0. The molecule has 2 unspecified atom stereocenters. The first-order chi connectivity index (χ1) is 24.3. The topological polar surface area (TPSA) is 120 Å². The van der Waals surface area contributed by atoms with Gasteiger partial charge in [0.1, 0.15) is 6.61 Å². The highest BCUT2D eigenvalue weighted by atomic mass is 31.2. The van der Waals surface area contributed by atoms with Gasteiger partial charge in [-0.15, -0.1) is 0 Å². The Morgan fingerprint density at radius 1 is 0.620 bits per heavy atom. The normalized spacial score (nSPS) is 14.1. The maximum Gasteiger partial charge on any atom is 0.472 e. The van der Waals surface area contributed by atoms with E-state index < -0.39 is 32.5 Å². The van der Waals surface area contributed by atoms with Crippen LogP contribution in [0.25, 0.3) is 0 Å². The van der Waals surface area contributed by atoms with E-state index in [0.29, 0.717) is 19.4 Å². The lowest BCUT2D eigenvalue weighted by atomic mass is 10.1. The van der Waals surface area contributed by atoms with Crippen LogP contribution < -0.4 is 5.32 Å². The summed E-state index contributed by atoms with van der Waals surface area (Å²) in [5, 5.41) is 2.81. The first-order valence-electron chi connectivity index (χ1n) is 19.2. The van der Waals surface area contributed by atoms with Gasteiger partial charge in [-0.25, -0.2) is 4.57 Å². The van der Waals surface area contributed by atoms with Gasteiger partial charge in [0.2, 0.25) is 0 Å². The molecule has 0 aliphatic heterocycles. The summed E-state index contributed by atoms with van der Waals surface area (Å²) in [5.74, 6) is -0.891. The maximum atomic E-state index is 12.5. The number of hydrogen-bond acceptors (Lipinski definition) is 8. The largest absolute Gasteiger partial charge is 0.472 e. The minimum absolute atomic E-state index is 0.0309. The fourth-order valence-corrected chi connectivity index (χ4v) is 5.39. The van der Waals surface area contributed by atoms with E-state index in [1.807, 2.05) is 6.08 Å². The Kier molecular flexibility index (Phi) is 34.8. The van der Waals surface area contributed by atoms with Crippen molar-refractivity contribution in [1.29, 1.82) is 0 Å². The van der Waals surface area contributed by atoms with Gasteiger partial charge in [-0.2, -0.15) is 0 Å². The monoisotopic (exact) mass is 723 g/mol. The number of esters is 2. The summed E-state index contributed by atoms with van der Waals surface area (Å²) in [5.41, 5.74) is 0. The van der Waals surface area contributed by atoms with Gasteiger partial charge < -0.3 is 19.7 Å². The van der Waals surface area contributed by atoms with Crippen LogP contribution in [0.3, 0.4) is 0 Å². The molecular weight excluding hydrogens is 653 g/mol. The Hall–Kier alpha value is -2.29. The summed E-state index contributed by atoms with van der Waals surface area (Å²) in [7, 11) is -2.67. The highest BCUT2D eigenvalue weighted by Gasteiger charge is 2.26. The first-order valence-corrected chi connectivity index (χ1v) is 20.7. The third-order valence-corrected chi connectivity index (χ3v) is 8.59. The second kappa shape index (κ2) is 36.5. The Bertz CT molecular complexity index is 1010. The lowest BCUT2D eigenvalue weighted by Crippen LogP contribution is -2.29. The minimum atomic E-state index is -4.36. The van der Waals surface area contributed by atoms with Crippen molar-refractivity contribution < 1.29 is 37.6 Å². The quantitative estimate of drug-likeness (QED) is 0.0285. The Morgan fingerprint density at radius 2 is 1.12 bits per heavy atom. The van der Waals surface area contributed by atoms with Crippen molar-refractivity contribution in [2.75, 3.05) is 33.4 Å². The third-order valence-electron chi connectivity index (χ3n) is 7.61. The number of allylic oxidation sites excluding steroid dienone is 10. The zero-order chi connectivity index (χ0) is 36.8. The van der Waals surface area contributed by atoms with E-state index in [9.17, 15) is 19.0 Å². The van der Waals surface area contributed by atoms with Crippen LogP contribution in [-0.4, -0.2) is 56.3 Å². The zero-order valence-electron chi connectivity index (χ0n) is 31.6. The van der Waals surface area contributed by atoms with Crippen LogP contribution in [0.2, 0.25) is 0 Å². The van der Waals surface area contributed by atoms with Crippen LogP contribution >= 0.6 is 7.82 Å². The number of rotatable bonds is 35. The molecule has 0 aromatic carbocycles. The molecule has 0 rings (SSSR count). The van der Waals surface area contributed by atoms with Crippen LogP contribution in [0.15, 0.2) is 60.8 Å². The Labute approximate surface area is 304 Å². The van der Waals surface area contributed by atoms with E-state index in [1.54, 1.807) is 7.05 Å². The fourth-order valence-electron chi connectivity index (χ4n) is 4.64. The van der Waals surface area contributed by atoms with Crippen molar-refractivity contribution in [2.45, 2.75) is 148 Å². The SMILES string of the molecule is CCCC/C=C\CCCCCCCC(=O)OCC(COP(=O)(O)OCCNC)OC(=O)CCC/C=C\C/C=C\C/C=C\C/C=C\CCCCC. The molecule has 0 aliphatic carbocycles. The summed E-state index contributed by atoms with van der Waals surface area (Å²) >= 11 is 0. The molecule has 0 bridgehead atoms. The molecule has 0 spiro atoms. The number of phosphoric ester groups is 1. The van der Waals surface area contributed by atoms with E-state index in [-0.39, 0.29) is 26.1 Å². The van der Waals surface area contributed by atoms with Gasteiger partial charge in [0, 0.05) is 19.4 Å². The molecular formula is C40H70NO8P. The van der Waals surface area contributed by atoms with E-state index in [1.165, 1.54) is 38.5 Å². The molecule has 50 heavy (non-hydrogen) atoms. The average Bonchev–Trinajstić information content (AvgIpc) is 3.09. The summed E-state index contributed by atoms with van der Waals surface area (Å²) < 4.78 is 33.0. The lowest BCUT2D eigenvalue weighted by molar-refractivity contribution is -0.161. The first kappa shape index (κ1) is 47.7. The molecule has 0 heterocycles. The van der Waals surface area contributed by atoms with Crippen molar-refractivity contribution in [3.05, 3.63) is 60.8 Å². The second-order valence-electron chi connectivity index (χ2n) is 12.4. The van der Waals surface area contributed by atoms with Crippen LogP contribution in [0.4, 0.5) is 0 Å². The van der Waals surface area contributed by atoms with Gasteiger partial charge in [-0.05, 0) is 77.7 Å². The number of ether oxygens (including phenoxy) is 2. The molecule has 288 valence electrons. The predicted octanol–water partition coefficient (Wildman–Crippen LogP) is 10.4. The van der Waals surface area contributed by atoms with Gasteiger partial charge in [0.05, 0.1) is 13.2 Å².